The number of rotatable bonds is 2. The van der Waals surface area contributed by atoms with Crippen molar-refractivity contribution in [3.63, 3.8) is 0 Å². The summed E-state index contributed by atoms with van der Waals surface area (Å²) in [6, 6.07) is 5.87. The number of anilines is 1. The van der Waals surface area contributed by atoms with Crippen LogP contribution in [0.15, 0.2) is 18.2 Å². The number of nitrogens with one attached hydrogen (secondary N) is 1. The number of aliphatic hydroxyl groups is 1. The minimum absolute atomic E-state index is 0.126. The fourth-order valence-electron chi connectivity index (χ4n) is 2.05. The van der Waals surface area contributed by atoms with E-state index in [1.165, 1.54) is 0 Å². The first-order chi connectivity index (χ1) is 7.65. The Bertz CT molecular complexity index is 362. The zero-order valence-corrected chi connectivity index (χ0v) is 10.4. The largest absolute Gasteiger partial charge is 0.393 e. The van der Waals surface area contributed by atoms with Crippen molar-refractivity contribution < 1.29 is 5.11 Å². The molecule has 4 heteroatoms. The van der Waals surface area contributed by atoms with Gasteiger partial charge in [0.1, 0.15) is 0 Å². The van der Waals surface area contributed by atoms with Crippen molar-refractivity contribution in [2.45, 2.75) is 37.8 Å². The first-order valence-corrected chi connectivity index (χ1v) is 6.30. The van der Waals surface area contributed by atoms with Crippen molar-refractivity contribution in [3.05, 3.63) is 28.2 Å². The molecule has 0 radical (unpaired) electrons. The Morgan fingerprint density at radius 2 is 1.81 bits per heavy atom. The van der Waals surface area contributed by atoms with Crippen molar-refractivity contribution in [1.29, 1.82) is 0 Å². The van der Waals surface area contributed by atoms with Gasteiger partial charge in [0.05, 0.1) is 16.8 Å². The molecule has 0 unspecified atom stereocenters. The molecule has 1 aromatic carbocycles. The van der Waals surface area contributed by atoms with Crippen LogP contribution in [0.4, 0.5) is 5.69 Å². The number of hydrogen-bond donors (Lipinski definition) is 2. The van der Waals surface area contributed by atoms with Crippen LogP contribution in [0.5, 0.6) is 0 Å². The van der Waals surface area contributed by atoms with E-state index in [1.54, 1.807) is 6.07 Å². The average Bonchev–Trinajstić information content (AvgIpc) is 2.25. The third-order valence-corrected chi connectivity index (χ3v) is 3.54. The van der Waals surface area contributed by atoms with E-state index in [1.807, 2.05) is 12.1 Å². The molecule has 0 amide bonds. The van der Waals surface area contributed by atoms with Crippen LogP contribution in [0.2, 0.25) is 10.0 Å². The predicted molar refractivity (Wildman–Crippen MR) is 68.3 cm³/mol. The topological polar surface area (TPSA) is 32.3 Å². The zero-order valence-electron chi connectivity index (χ0n) is 8.92. The highest BCUT2D eigenvalue weighted by Gasteiger charge is 2.19. The van der Waals surface area contributed by atoms with E-state index in [-0.39, 0.29) is 6.10 Å². The van der Waals surface area contributed by atoms with Gasteiger partial charge < -0.3 is 10.4 Å². The summed E-state index contributed by atoms with van der Waals surface area (Å²) in [5.74, 6) is 0. The number of hydrogen-bond acceptors (Lipinski definition) is 2. The summed E-state index contributed by atoms with van der Waals surface area (Å²) in [7, 11) is 0. The van der Waals surface area contributed by atoms with Crippen molar-refractivity contribution in [3.8, 4) is 0 Å². The van der Waals surface area contributed by atoms with Gasteiger partial charge >= 0.3 is 0 Å². The Balaban J connectivity index is 1.98. The zero-order chi connectivity index (χ0) is 11.5. The van der Waals surface area contributed by atoms with Gasteiger partial charge in [-0.3, -0.25) is 0 Å². The molecule has 0 atom stereocenters. The highest BCUT2D eigenvalue weighted by atomic mass is 35.5. The molecular weight excluding hydrogens is 245 g/mol. The van der Waals surface area contributed by atoms with Gasteiger partial charge in [-0.15, -0.1) is 0 Å². The molecular formula is C12H15Cl2NO. The van der Waals surface area contributed by atoms with E-state index in [2.05, 4.69) is 5.32 Å². The Labute approximate surface area is 106 Å². The average molecular weight is 260 g/mol. The van der Waals surface area contributed by atoms with Crippen molar-refractivity contribution in [2.24, 2.45) is 0 Å². The molecule has 1 aromatic rings. The number of aliphatic hydroxyl groups excluding tert-OH is 1. The lowest BCUT2D eigenvalue weighted by molar-refractivity contribution is 0.126. The maximum absolute atomic E-state index is 9.41. The Kier molecular flexibility index (Phi) is 3.95. The smallest absolute Gasteiger partial charge is 0.0652 e. The van der Waals surface area contributed by atoms with Crippen LogP contribution >= 0.6 is 23.2 Å². The van der Waals surface area contributed by atoms with Gasteiger partial charge in [0.25, 0.3) is 0 Å². The SMILES string of the molecule is OC1CCC(Nc2ccc(Cl)cc2Cl)CC1. The molecule has 1 saturated carbocycles. The van der Waals surface area contributed by atoms with Crippen LogP contribution in [0.1, 0.15) is 25.7 Å². The van der Waals surface area contributed by atoms with E-state index in [0.717, 1.165) is 31.4 Å². The minimum Gasteiger partial charge on any atom is -0.393 e. The van der Waals surface area contributed by atoms with Gasteiger partial charge in [-0.1, -0.05) is 23.2 Å². The predicted octanol–water partition coefficient (Wildman–Crippen LogP) is 3.71. The summed E-state index contributed by atoms with van der Waals surface area (Å²) in [5.41, 5.74) is 0.924. The van der Waals surface area contributed by atoms with E-state index in [9.17, 15) is 5.11 Å². The van der Waals surface area contributed by atoms with Crippen LogP contribution < -0.4 is 5.32 Å². The monoisotopic (exact) mass is 259 g/mol. The van der Waals surface area contributed by atoms with Crippen LogP contribution in [0, 0.1) is 0 Å². The standard InChI is InChI=1S/C12H15Cl2NO/c13-8-1-6-12(11(14)7-8)15-9-2-4-10(16)5-3-9/h1,6-7,9-10,15-16H,2-5H2. The van der Waals surface area contributed by atoms with Crippen molar-refractivity contribution in [2.75, 3.05) is 5.32 Å². The van der Waals surface area contributed by atoms with Crippen molar-refractivity contribution >= 4 is 28.9 Å². The molecule has 1 fully saturated rings. The first kappa shape index (κ1) is 12.0. The van der Waals surface area contributed by atoms with E-state index in [4.69, 9.17) is 23.2 Å². The molecule has 0 aromatic heterocycles. The molecule has 0 aliphatic heterocycles. The third-order valence-electron chi connectivity index (χ3n) is 2.99. The lowest BCUT2D eigenvalue weighted by Gasteiger charge is -2.27. The Hall–Kier alpha value is -0.440. The van der Waals surface area contributed by atoms with Crippen LogP contribution in [0.3, 0.4) is 0 Å². The van der Waals surface area contributed by atoms with Gasteiger partial charge in [-0.25, -0.2) is 0 Å². The number of halogens is 2. The maximum Gasteiger partial charge on any atom is 0.0652 e. The highest BCUT2D eigenvalue weighted by molar-refractivity contribution is 6.36. The Morgan fingerprint density at radius 3 is 2.44 bits per heavy atom. The number of benzene rings is 1. The van der Waals surface area contributed by atoms with Gasteiger partial charge in [0.2, 0.25) is 0 Å². The molecule has 0 bridgehead atoms. The van der Waals surface area contributed by atoms with Crippen LogP contribution in [-0.2, 0) is 0 Å². The molecule has 88 valence electrons. The fraction of sp³-hybridized carbons (Fsp3) is 0.500. The summed E-state index contributed by atoms with van der Waals surface area (Å²) in [6.45, 7) is 0. The minimum atomic E-state index is -0.126. The quantitative estimate of drug-likeness (QED) is 0.849. The molecule has 0 spiro atoms. The van der Waals surface area contributed by atoms with Crippen LogP contribution in [-0.4, -0.2) is 17.3 Å². The van der Waals surface area contributed by atoms with Gasteiger partial charge in [0.15, 0.2) is 0 Å². The lowest BCUT2D eigenvalue weighted by Crippen LogP contribution is -2.28. The molecule has 2 N–H and O–H groups in total. The van der Waals surface area contributed by atoms with Crippen LogP contribution in [0.25, 0.3) is 0 Å². The van der Waals surface area contributed by atoms with E-state index < -0.39 is 0 Å². The second-order valence-corrected chi connectivity index (χ2v) is 5.12. The highest BCUT2D eigenvalue weighted by Crippen LogP contribution is 2.28. The molecule has 1 aliphatic carbocycles. The van der Waals surface area contributed by atoms with Gasteiger partial charge in [0, 0.05) is 11.1 Å². The second kappa shape index (κ2) is 5.26. The van der Waals surface area contributed by atoms with Crippen molar-refractivity contribution in [1.82, 2.24) is 0 Å². The summed E-state index contributed by atoms with van der Waals surface area (Å²) < 4.78 is 0. The normalized spacial score (nSPS) is 25.4. The molecule has 1 aliphatic rings. The molecule has 2 nitrogen and oxygen atoms in total. The fourth-order valence-corrected chi connectivity index (χ4v) is 2.51. The molecule has 16 heavy (non-hydrogen) atoms. The van der Waals surface area contributed by atoms with Gasteiger partial charge in [-0.2, -0.15) is 0 Å². The lowest BCUT2D eigenvalue weighted by atomic mass is 9.93. The van der Waals surface area contributed by atoms with Gasteiger partial charge in [-0.05, 0) is 43.9 Å². The van der Waals surface area contributed by atoms with E-state index in [0.29, 0.717) is 16.1 Å². The molecule has 0 saturated heterocycles. The third kappa shape index (κ3) is 3.03. The summed E-state index contributed by atoms with van der Waals surface area (Å²) in [6.07, 6.45) is 3.57. The maximum atomic E-state index is 9.41. The first-order valence-electron chi connectivity index (χ1n) is 5.55. The molecule has 2 rings (SSSR count). The summed E-state index contributed by atoms with van der Waals surface area (Å²) >= 11 is 11.9. The second-order valence-electron chi connectivity index (χ2n) is 4.27. The molecule has 0 heterocycles. The van der Waals surface area contributed by atoms with E-state index >= 15 is 0 Å². The summed E-state index contributed by atoms with van der Waals surface area (Å²) in [5, 5.41) is 14.1. The Morgan fingerprint density at radius 1 is 1.12 bits per heavy atom. The summed E-state index contributed by atoms with van der Waals surface area (Å²) in [4.78, 5) is 0.